The summed E-state index contributed by atoms with van der Waals surface area (Å²) in [5.41, 5.74) is 1.19. The predicted octanol–water partition coefficient (Wildman–Crippen LogP) is 4.57. The van der Waals surface area contributed by atoms with Crippen LogP contribution in [-0.2, 0) is 0 Å². The Bertz CT molecular complexity index is 244. The molecule has 0 bridgehead atoms. The maximum absolute atomic E-state index is 2.64. The van der Waals surface area contributed by atoms with Crippen molar-refractivity contribution in [1.29, 1.82) is 0 Å². The molecule has 0 N–H and O–H groups in total. The molecule has 0 unspecified atom stereocenters. The molecule has 1 nitrogen and oxygen atoms in total. The van der Waals surface area contributed by atoms with Gasteiger partial charge in [0.15, 0.2) is 0 Å². The standard InChI is InChI=1S/C16H33N/c1-14(2,3)16(7,8)13-9-11-17(12-10-13)15(4,5)6/h13H,9-12H2,1-8H3. The zero-order valence-corrected chi connectivity index (χ0v) is 13.4. The molecule has 1 aliphatic rings. The number of hydrogen-bond donors (Lipinski definition) is 0. The van der Waals surface area contributed by atoms with E-state index in [0.717, 1.165) is 5.92 Å². The van der Waals surface area contributed by atoms with Gasteiger partial charge in [-0.25, -0.2) is 0 Å². The van der Waals surface area contributed by atoms with Crippen molar-refractivity contribution in [1.82, 2.24) is 4.90 Å². The minimum absolute atomic E-state index is 0.344. The lowest BCUT2D eigenvalue weighted by Gasteiger charge is -2.50. The Morgan fingerprint density at radius 3 is 1.47 bits per heavy atom. The first-order chi connectivity index (χ1) is 7.46. The van der Waals surface area contributed by atoms with Gasteiger partial charge in [0, 0.05) is 5.54 Å². The molecule has 0 spiro atoms. The lowest BCUT2D eigenvalue weighted by Crippen LogP contribution is -2.49. The summed E-state index contributed by atoms with van der Waals surface area (Å²) in [4.78, 5) is 2.64. The van der Waals surface area contributed by atoms with Gasteiger partial charge in [-0.2, -0.15) is 0 Å². The van der Waals surface area contributed by atoms with Crippen LogP contribution < -0.4 is 0 Å². The predicted molar refractivity (Wildman–Crippen MR) is 77.3 cm³/mol. The smallest absolute Gasteiger partial charge is 0.0125 e. The topological polar surface area (TPSA) is 3.24 Å². The van der Waals surface area contributed by atoms with Crippen molar-refractivity contribution in [2.45, 2.75) is 73.8 Å². The molecule has 0 radical (unpaired) electrons. The van der Waals surface area contributed by atoms with E-state index in [4.69, 9.17) is 0 Å². The normalized spacial score (nSPS) is 21.9. The average molecular weight is 239 g/mol. The first-order valence-electron chi connectivity index (χ1n) is 7.21. The summed E-state index contributed by atoms with van der Waals surface area (Å²) in [6.07, 6.45) is 2.73. The summed E-state index contributed by atoms with van der Waals surface area (Å²) in [5.74, 6) is 0.876. The van der Waals surface area contributed by atoms with Gasteiger partial charge in [0.05, 0.1) is 0 Å². The zero-order valence-electron chi connectivity index (χ0n) is 13.4. The van der Waals surface area contributed by atoms with Crippen molar-refractivity contribution in [2.24, 2.45) is 16.7 Å². The fourth-order valence-electron chi connectivity index (χ4n) is 2.88. The molecule has 0 aromatic heterocycles. The molecular formula is C16H33N. The van der Waals surface area contributed by atoms with Crippen molar-refractivity contribution in [3.63, 3.8) is 0 Å². The highest BCUT2D eigenvalue weighted by Crippen LogP contribution is 2.48. The Hall–Kier alpha value is -0.0400. The summed E-state index contributed by atoms with van der Waals surface area (Å²) in [6.45, 7) is 21.7. The molecule has 1 heteroatoms. The van der Waals surface area contributed by atoms with Gasteiger partial charge in [0.1, 0.15) is 0 Å². The fourth-order valence-corrected chi connectivity index (χ4v) is 2.88. The lowest BCUT2D eigenvalue weighted by atomic mass is 9.60. The third-order valence-corrected chi connectivity index (χ3v) is 5.40. The summed E-state index contributed by atoms with van der Waals surface area (Å²) >= 11 is 0. The minimum atomic E-state index is 0.344. The van der Waals surface area contributed by atoms with Crippen LogP contribution in [0.4, 0.5) is 0 Å². The van der Waals surface area contributed by atoms with E-state index in [0.29, 0.717) is 16.4 Å². The van der Waals surface area contributed by atoms with Crippen LogP contribution in [0.1, 0.15) is 68.2 Å². The summed E-state index contributed by atoms with van der Waals surface area (Å²) in [6, 6.07) is 0. The molecule has 1 fully saturated rings. The van der Waals surface area contributed by atoms with Crippen LogP contribution in [0, 0.1) is 16.7 Å². The van der Waals surface area contributed by atoms with E-state index in [1.165, 1.54) is 25.9 Å². The molecule has 0 aromatic rings. The number of rotatable bonds is 1. The quantitative estimate of drug-likeness (QED) is 0.648. The van der Waals surface area contributed by atoms with Crippen LogP contribution in [0.2, 0.25) is 0 Å². The van der Waals surface area contributed by atoms with Crippen LogP contribution >= 0.6 is 0 Å². The van der Waals surface area contributed by atoms with Gasteiger partial charge < -0.3 is 0 Å². The first kappa shape index (κ1) is 15.0. The van der Waals surface area contributed by atoms with Gasteiger partial charge >= 0.3 is 0 Å². The molecule has 102 valence electrons. The Morgan fingerprint density at radius 1 is 0.765 bits per heavy atom. The van der Waals surface area contributed by atoms with Gasteiger partial charge in [-0.15, -0.1) is 0 Å². The van der Waals surface area contributed by atoms with Gasteiger partial charge in [0.25, 0.3) is 0 Å². The van der Waals surface area contributed by atoms with E-state index in [1.54, 1.807) is 0 Å². The Balaban J connectivity index is 2.64. The number of piperidine rings is 1. The zero-order chi connectivity index (χ0) is 13.5. The minimum Gasteiger partial charge on any atom is -0.298 e. The molecule has 0 atom stereocenters. The average Bonchev–Trinajstić information content (AvgIpc) is 2.15. The third kappa shape index (κ3) is 3.24. The molecule has 0 saturated carbocycles. The summed E-state index contributed by atoms with van der Waals surface area (Å²) < 4.78 is 0. The van der Waals surface area contributed by atoms with E-state index in [9.17, 15) is 0 Å². The van der Waals surface area contributed by atoms with Crippen LogP contribution in [0.5, 0.6) is 0 Å². The highest BCUT2D eigenvalue weighted by atomic mass is 15.2. The second kappa shape index (κ2) is 4.57. The van der Waals surface area contributed by atoms with Crippen LogP contribution in [0.25, 0.3) is 0 Å². The SMILES string of the molecule is CC(C)(C)N1CCC(C(C)(C)C(C)(C)C)CC1. The molecule has 17 heavy (non-hydrogen) atoms. The Kier molecular flexibility index (Phi) is 4.04. The van der Waals surface area contributed by atoms with Gasteiger partial charge in [-0.05, 0) is 63.5 Å². The molecule has 0 aliphatic carbocycles. The highest BCUT2D eigenvalue weighted by molar-refractivity contribution is 4.92. The molecule has 1 saturated heterocycles. The summed E-state index contributed by atoms with van der Waals surface area (Å²) in [5, 5.41) is 0. The Labute approximate surface area is 109 Å². The second-order valence-electron chi connectivity index (χ2n) is 8.40. The highest BCUT2D eigenvalue weighted by Gasteiger charge is 2.41. The van der Waals surface area contributed by atoms with Crippen molar-refractivity contribution in [3.8, 4) is 0 Å². The van der Waals surface area contributed by atoms with E-state index < -0.39 is 0 Å². The number of likely N-dealkylation sites (tertiary alicyclic amines) is 1. The molecule has 0 amide bonds. The van der Waals surface area contributed by atoms with Crippen LogP contribution in [0.15, 0.2) is 0 Å². The van der Waals surface area contributed by atoms with Crippen molar-refractivity contribution in [3.05, 3.63) is 0 Å². The van der Waals surface area contributed by atoms with Crippen molar-refractivity contribution < 1.29 is 0 Å². The van der Waals surface area contributed by atoms with Gasteiger partial charge in [0.2, 0.25) is 0 Å². The first-order valence-corrected chi connectivity index (χ1v) is 7.21. The van der Waals surface area contributed by atoms with E-state index in [-0.39, 0.29) is 0 Å². The molecule has 1 heterocycles. The van der Waals surface area contributed by atoms with E-state index >= 15 is 0 Å². The van der Waals surface area contributed by atoms with E-state index in [2.05, 4.69) is 60.3 Å². The number of nitrogens with zero attached hydrogens (tertiary/aromatic N) is 1. The molecule has 0 aromatic carbocycles. The van der Waals surface area contributed by atoms with Crippen LogP contribution in [0.3, 0.4) is 0 Å². The second-order valence-corrected chi connectivity index (χ2v) is 8.40. The van der Waals surface area contributed by atoms with Crippen molar-refractivity contribution in [2.75, 3.05) is 13.1 Å². The number of hydrogen-bond acceptors (Lipinski definition) is 1. The third-order valence-electron chi connectivity index (χ3n) is 5.40. The maximum atomic E-state index is 2.64. The lowest BCUT2D eigenvalue weighted by molar-refractivity contribution is -0.00641. The fraction of sp³-hybridized carbons (Fsp3) is 1.00. The summed E-state index contributed by atoms with van der Waals surface area (Å²) in [7, 11) is 0. The van der Waals surface area contributed by atoms with E-state index in [1.807, 2.05) is 0 Å². The maximum Gasteiger partial charge on any atom is 0.0125 e. The molecule has 1 aliphatic heterocycles. The largest absolute Gasteiger partial charge is 0.298 e. The molecular weight excluding hydrogens is 206 g/mol. The van der Waals surface area contributed by atoms with Gasteiger partial charge in [-0.1, -0.05) is 34.6 Å². The Morgan fingerprint density at radius 2 is 1.18 bits per heavy atom. The van der Waals surface area contributed by atoms with Crippen LogP contribution in [-0.4, -0.2) is 23.5 Å². The monoisotopic (exact) mass is 239 g/mol. The van der Waals surface area contributed by atoms with Gasteiger partial charge in [-0.3, -0.25) is 4.90 Å². The van der Waals surface area contributed by atoms with Crippen molar-refractivity contribution >= 4 is 0 Å². The molecule has 1 rings (SSSR count).